The highest BCUT2D eigenvalue weighted by atomic mass is 32.1. The van der Waals surface area contributed by atoms with E-state index < -0.39 is 0 Å². The van der Waals surface area contributed by atoms with E-state index in [0.717, 1.165) is 29.4 Å². The van der Waals surface area contributed by atoms with E-state index in [-0.39, 0.29) is 0 Å². The average Bonchev–Trinajstić information content (AvgIpc) is 2.97. The van der Waals surface area contributed by atoms with E-state index in [1.54, 1.807) is 11.3 Å². The standard InChI is InChI=1S/C18H25N3S/c1-13-5-4-8-21(10-13)11-14(2)18-20-17(12-22-18)15-6-3-7-16(19)9-15/h3,6-7,9,12-14H,4-5,8,10-11,19H2,1-2H3. The van der Waals surface area contributed by atoms with Gasteiger partial charge in [-0.3, -0.25) is 0 Å². The van der Waals surface area contributed by atoms with Gasteiger partial charge < -0.3 is 10.6 Å². The molecule has 0 radical (unpaired) electrons. The van der Waals surface area contributed by atoms with Gasteiger partial charge in [0.25, 0.3) is 0 Å². The number of thiazole rings is 1. The quantitative estimate of drug-likeness (QED) is 0.859. The fourth-order valence-corrected chi connectivity index (χ4v) is 4.14. The number of nitrogens with two attached hydrogens (primary N) is 1. The molecular formula is C18H25N3S. The van der Waals surface area contributed by atoms with Crippen molar-refractivity contribution in [2.75, 3.05) is 25.4 Å². The number of hydrogen-bond acceptors (Lipinski definition) is 4. The van der Waals surface area contributed by atoms with Gasteiger partial charge in [-0.05, 0) is 37.4 Å². The van der Waals surface area contributed by atoms with Gasteiger partial charge in [-0.2, -0.15) is 0 Å². The van der Waals surface area contributed by atoms with Crippen LogP contribution in [-0.2, 0) is 0 Å². The lowest BCUT2D eigenvalue weighted by atomic mass is 9.99. The molecule has 0 aliphatic carbocycles. The first-order valence-corrected chi connectivity index (χ1v) is 9.03. The molecule has 1 fully saturated rings. The molecule has 0 bridgehead atoms. The molecule has 0 saturated carbocycles. The Hall–Kier alpha value is -1.39. The topological polar surface area (TPSA) is 42.2 Å². The maximum atomic E-state index is 5.87. The van der Waals surface area contributed by atoms with Crippen LogP contribution in [0.1, 0.15) is 37.6 Å². The van der Waals surface area contributed by atoms with Gasteiger partial charge in [0.1, 0.15) is 0 Å². The van der Waals surface area contributed by atoms with Crippen LogP contribution in [0.2, 0.25) is 0 Å². The summed E-state index contributed by atoms with van der Waals surface area (Å²) in [6.07, 6.45) is 2.71. The van der Waals surface area contributed by atoms with Gasteiger partial charge in [0.05, 0.1) is 10.7 Å². The van der Waals surface area contributed by atoms with Crippen molar-refractivity contribution >= 4 is 17.0 Å². The molecule has 2 aromatic rings. The maximum absolute atomic E-state index is 5.87. The highest BCUT2D eigenvalue weighted by Gasteiger charge is 2.20. The van der Waals surface area contributed by atoms with Crippen LogP contribution >= 0.6 is 11.3 Å². The highest BCUT2D eigenvalue weighted by Crippen LogP contribution is 2.28. The second-order valence-corrected chi connectivity index (χ2v) is 7.49. The van der Waals surface area contributed by atoms with E-state index in [1.165, 1.54) is 30.9 Å². The Bertz CT molecular complexity index is 622. The van der Waals surface area contributed by atoms with Gasteiger partial charge >= 0.3 is 0 Å². The summed E-state index contributed by atoms with van der Waals surface area (Å²) in [5, 5.41) is 3.38. The molecule has 0 spiro atoms. The van der Waals surface area contributed by atoms with Crippen LogP contribution in [0.15, 0.2) is 29.6 Å². The Morgan fingerprint density at radius 2 is 2.32 bits per heavy atom. The fraction of sp³-hybridized carbons (Fsp3) is 0.500. The van der Waals surface area contributed by atoms with Crippen LogP contribution in [0.4, 0.5) is 5.69 Å². The van der Waals surface area contributed by atoms with E-state index in [1.807, 2.05) is 18.2 Å². The molecule has 2 unspecified atom stereocenters. The number of nitrogen functional groups attached to an aromatic ring is 1. The highest BCUT2D eigenvalue weighted by molar-refractivity contribution is 7.10. The zero-order chi connectivity index (χ0) is 15.5. The molecule has 4 heteroatoms. The molecule has 2 heterocycles. The van der Waals surface area contributed by atoms with E-state index in [2.05, 4.69) is 30.2 Å². The molecule has 2 N–H and O–H groups in total. The molecule has 2 atom stereocenters. The molecule has 22 heavy (non-hydrogen) atoms. The van der Waals surface area contributed by atoms with Gasteiger partial charge in [0, 0.05) is 35.6 Å². The van der Waals surface area contributed by atoms with Gasteiger partial charge in [-0.1, -0.05) is 26.0 Å². The second-order valence-electron chi connectivity index (χ2n) is 6.60. The first kappa shape index (κ1) is 15.5. The summed E-state index contributed by atoms with van der Waals surface area (Å²) in [6.45, 7) is 8.24. The number of benzene rings is 1. The Morgan fingerprint density at radius 1 is 1.45 bits per heavy atom. The molecule has 118 valence electrons. The molecule has 3 nitrogen and oxygen atoms in total. The summed E-state index contributed by atoms with van der Waals surface area (Å²) in [6, 6.07) is 7.97. The van der Waals surface area contributed by atoms with Crippen molar-refractivity contribution in [2.45, 2.75) is 32.6 Å². The van der Waals surface area contributed by atoms with Crippen molar-refractivity contribution in [3.63, 3.8) is 0 Å². The smallest absolute Gasteiger partial charge is 0.0973 e. The third kappa shape index (κ3) is 3.68. The number of aromatic nitrogens is 1. The van der Waals surface area contributed by atoms with Crippen molar-refractivity contribution in [2.24, 2.45) is 5.92 Å². The molecule has 3 rings (SSSR count). The van der Waals surface area contributed by atoms with Crippen molar-refractivity contribution in [1.82, 2.24) is 9.88 Å². The molecule has 1 aromatic heterocycles. The molecule has 1 aromatic carbocycles. The minimum Gasteiger partial charge on any atom is -0.399 e. The predicted molar refractivity (Wildman–Crippen MR) is 95.2 cm³/mol. The third-order valence-electron chi connectivity index (χ3n) is 4.40. The summed E-state index contributed by atoms with van der Waals surface area (Å²) in [7, 11) is 0. The van der Waals surface area contributed by atoms with E-state index in [9.17, 15) is 0 Å². The Kier molecular flexibility index (Phi) is 4.79. The van der Waals surface area contributed by atoms with Crippen LogP contribution < -0.4 is 5.73 Å². The van der Waals surface area contributed by atoms with Gasteiger partial charge in [0.2, 0.25) is 0 Å². The SMILES string of the molecule is CC1CCCN(CC(C)c2nc(-c3cccc(N)c3)cs2)C1. The minimum absolute atomic E-state index is 0.491. The fourth-order valence-electron chi connectivity index (χ4n) is 3.26. The summed E-state index contributed by atoms with van der Waals surface area (Å²) in [4.78, 5) is 7.44. The summed E-state index contributed by atoms with van der Waals surface area (Å²) >= 11 is 1.77. The maximum Gasteiger partial charge on any atom is 0.0973 e. The molecule has 1 aliphatic heterocycles. The number of hydrogen-bond donors (Lipinski definition) is 1. The zero-order valence-corrected chi connectivity index (χ0v) is 14.3. The van der Waals surface area contributed by atoms with Crippen LogP contribution in [0.5, 0.6) is 0 Å². The van der Waals surface area contributed by atoms with Crippen LogP contribution in [-0.4, -0.2) is 29.5 Å². The molecule has 0 amide bonds. The lowest BCUT2D eigenvalue weighted by Crippen LogP contribution is -2.36. The Morgan fingerprint density at radius 3 is 3.09 bits per heavy atom. The third-order valence-corrected chi connectivity index (χ3v) is 5.48. The number of piperidine rings is 1. The normalized spacial score (nSPS) is 20.9. The minimum atomic E-state index is 0.491. The van der Waals surface area contributed by atoms with Crippen molar-refractivity contribution < 1.29 is 0 Å². The lowest BCUT2D eigenvalue weighted by Gasteiger charge is -2.32. The van der Waals surface area contributed by atoms with Gasteiger partial charge in [-0.15, -0.1) is 11.3 Å². The number of anilines is 1. The zero-order valence-electron chi connectivity index (χ0n) is 13.5. The van der Waals surface area contributed by atoms with Crippen LogP contribution in [0.3, 0.4) is 0 Å². The Labute approximate surface area is 137 Å². The second kappa shape index (κ2) is 6.80. The van der Waals surface area contributed by atoms with Crippen molar-refractivity contribution in [3.8, 4) is 11.3 Å². The molecule has 1 aliphatic rings. The van der Waals surface area contributed by atoms with E-state index in [4.69, 9.17) is 10.7 Å². The van der Waals surface area contributed by atoms with Crippen molar-refractivity contribution in [1.29, 1.82) is 0 Å². The predicted octanol–water partition coefficient (Wildman–Crippen LogP) is 4.23. The average molecular weight is 315 g/mol. The van der Waals surface area contributed by atoms with Crippen LogP contribution in [0, 0.1) is 5.92 Å². The summed E-state index contributed by atoms with van der Waals surface area (Å²) in [5.41, 5.74) is 8.82. The first-order valence-electron chi connectivity index (χ1n) is 8.15. The van der Waals surface area contributed by atoms with Gasteiger partial charge in [0.15, 0.2) is 0 Å². The largest absolute Gasteiger partial charge is 0.399 e. The lowest BCUT2D eigenvalue weighted by molar-refractivity contribution is 0.176. The van der Waals surface area contributed by atoms with Gasteiger partial charge in [-0.25, -0.2) is 4.98 Å². The van der Waals surface area contributed by atoms with E-state index >= 15 is 0 Å². The molecular weight excluding hydrogens is 290 g/mol. The summed E-state index contributed by atoms with van der Waals surface area (Å²) in [5.74, 6) is 1.32. The van der Waals surface area contributed by atoms with Crippen LogP contribution in [0.25, 0.3) is 11.3 Å². The van der Waals surface area contributed by atoms with Crippen molar-refractivity contribution in [3.05, 3.63) is 34.7 Å². The first-order chi connectivity index (χ1) is 10.6. The number of likely N-dealkylation sites (tertiary alicyclic amines) is 1. The van der Waals surface area contributed by atoms with E-state index in [0.29, 0.717) is 5.92 Å². The summed E-state index contributed by atoms with van der Waals surface area (Å²) < 4.78 is 0. The monoisotopic (exact) mass is 315 g/mol. The Balaban J connectivity index is 1.67. The molecule has 1 saturated heterocycles. The number of nitrogens with zero attached hydrogens (tertiary/aromatic N) is 2. The number of rotatable bonds is 4.